The third-order valence-corrected chi connectivity index (χ3v) is 6.93. The number of benzene rings is 2. The summed E-state index contributed by atoms with van der Waals surface area (Å²) < 4.78 is 15.9. The number of carbonyl (C=O) groups excluding carboxylic acids is 1. The van der Waals surface area contributed by atoms with Gasteiger partial charge >= 0.3 is 0 Å². The molecule has 6 nitrogen and oxygen atoms in total. The molecule has 4 aromatic rings. The second-order valence-electron chi connectivity index (χ2n) is 8.53. The fourth-order valence-electron chi connectivity index (χ4n) is 4.29. The molecule has 1 amide bonds. The fourth-order valence-corrected chi connectivity index (χ4v) is 5.00. The second-order valence-corrected chi connectivity index (χ2v) is 9.40. The van der Waals surface area contributed by atoms with Crippen LogP contribution in [0.5, 0.6) is 0 Å². The van der Waals surface area contributed by atoms with Gasteiger partial charge in [0.15, 0.2) is 4.96 Å². The Morgan fingerprint density at radius 2 is 2.00 bits per heavy atom. The zero-order chi connectivity index (χ0) is 24.9. The molecular formula is C27H29FN4O2S. The molecule has 2 N–H and O–H groups in total. The third kappa shape index (κ3) is 5.18. The fraction of sp³-hybridized carbons (Fsp3) is 0.296. The van der Waals surface area contributed by atoms with Crippen LogP contribution in [-0.4, -0.2) is 33.3 Å². The number of hydrogen-bond acceptors (Lipinski definition) is 5. The summed E-state index contributed by atoms with van der Waals surface area (Å²) in [4.78, 5) is 34.4. The molecule has 2 aromatic carbocycles. The Morgan fingerprint density at radius 3 is 2.69 bits per heavy atom. The summed E-state index contributed by atoms with van der Waals surface area (Å²) in [6.07, 6.45) is 3.24. The van der Waals surface area contributed by atoms with Crippen molar-refractivity contribution in [3.63, 3.8) is 0 Å². The highest BCUT2D eigenvalue weighted by molar-refractivity contribution is 7.15. The molecule has 0 spiro atoms. The Bertz CT molecular complexity index is 1380. The number of nitrogens with zero attached hydrogens (tertiary/aromatic N) is 3. The molecule has 1 atom stereocenters. The van der Waals surface area contributed by atoms with Crippen LogP contribution in [-0.2, 0) is 6.42 Å². The van der Waals surface area contributed by atoms with Gasteiger partial charge in [0.25, 0.3) is 11.5 Å². The number of carbonyl (C=O) groups is 1. The summed E-state index contributed by atoms with van der Waals surface area (Å²) in [6, 6.07) is 13.8. The first-order chi connectivity index (χ1) is 16.9. The van der Waals surface area contributed by atoms with Crippen LogP contribution in [0.4, 0.5) is 4.39 Å². The van der Waals surface area contributed by atoms with Gasteiger partial charge in [-0.2, -0.15) is 0 Å². The van der Waals surface area contributed by atoms with Crippen molar-refractivity contribution in [1.29, 1.82) is 0 Å². The molecule has 0 radical (unpaired) electrons. The third-order valence-electron chi connectivity index (χ3n) is 6.18. The van der Waals surface area contributed by atoms with E-state index in [2.05, 4.69) is 0 Å². The van der Waals surface area contributed by atoms with Gasteiger partial charge in [0, 0.05) is 35.7 Å². The van der Waals surface area contributed by atoms with E-state index in [-0.39, 0.29) is 17.0 Å². The highest BCUT2D eigenvalue weighted by Crippen LogP contribution is 2.29. The van der Waals surface area contributed by atoms with Crippen LogP contribution < -0.4 is 11.3 Å². The first-order valence-corrected chi connectivity index (χ1v) is 12.6. The average molecular weight is 493 g/mol. The van der Waals surface area contributed by atoms with Crippen molar-refractivity contribution < 1.29 is 9.18 Å². The highest BCUT2D eigenvalue weighted by Gasteiger charge is 2.30. The second kappa shape index (κ2) is 10.9. The van der Waals surface area contributed by atoms with Gasteiger partial charge in [-0.05, 0) is 49.6 Å². The van der Waals surface area contributed by atoms with E-state index in [1.807, 2.05) is 42.6 Å². The van der Waals surface area contributed by atoms with Crippen molar-refractivity contribution in [3.05, 3.63) is 104 Å². The molecular weight excluding hydrogens is 463 g/mol. The molecule has 182 valence electrons. The summed E-state index contributed by atoms with van der Waals surface area (Å²) in [5.41, 5.74) is 8.52. The normalized spacial score (nSPS) is 12.1. The Hall–Kier alpha value is -3.36. The van der Waals surface area contributed by atoms with E-state index >= 15 is 0 Å². The van der Waals surface area contributed by atoms with Gasteiger partial charge in [-0.3, -0.25) is 14.0 Å². The summed E-state index contributed by atoms with van der Waals surface area (Å²) in [5, 5.41) is 1.83. The van der Waals surface area contributed by atoms with E-state index in [1.165, 1.54) is 17.4 Å². The number of amides is 1. The molecule has 0 aliphatic heterocycles. The van der Waals surface area contributed by atoms with E-state index in [9.17, 15) is 14.0 Å². The molecule has 8 heteroatoms. The topological polar surface area (TPSA) is 80.7 Å². The first kappa shape index (κ1) is 24.8. The van der Waals surface area contributed by atoms with E-state index in [1.54, 1.807) is 34.6 Å². The average Bonchev–Trinajstić information content (AvgIpc) is 3.34. The largest absolute Gasteiger partial charge is 0.330 e. The van der Waals surface area contributed by atoms with Crippen LogP contribution in [0.1, 0.15) is 58.5 Å². The van der Waals surface area contributed by atoms with E-state index in [0.29, 0.717) is 54.1 Å². The van der Waals surface area contributed by atoms with Crippen LogP contribution in [0, 0.1) is 12.7 Å². The number of aryl methyl sites for hydroxylation is 1. The highest BCUT2D eigenvalue weighted by atomic mass is 32.1. The van der Waals surface area contributed by atoms with Crippen LogP contribution in [0.25, 0.3) is 4.96 Å². The van der Waals surface area contributed by atoms with Crippen molar-refractivity contribution in [3.8, 4) is 0 Å². The lowest BCUT2D eigenvalue weighted by Crippen LogP contribution is -2.38. The molecule has 0 aliphatic rings. The van der Waals surface area contributed by atoms with Gasteiger partial charge < -0.3 is 10.6 Å². The number of hydrogen-bond donors (Lipinski definition) is 1. The quantitative estimate of drug-likeness (QED) is 0.366. The van der Waals surface area contributed by atoms with Crippen LogP contribution in [0.3, 0.4) is 0 Å². The number of fused-ring (bicyclic) bond motifs is 1. The van der Waals surface area contributed by atoms with Crippen molar-refractivity contribution >= 4 is 22.2 Å². The van der Waals surface area contributed by atoms with Gasteiger partial charge in [-0.1, -0.05) is 43.3 Å². The number of nitrogens with two attached hydrogens (primary N) is 1. The zero-order valence-electron chi connectivity index (χ0n) is 19.9. The summed E-state index contributed by atoms with van der Waals surface area (Å²) in [6.45, 7) is 4.40. The minimum Gasteiger partial charge on any atom is -0.330 e. The number of aromatic nitrogens is 2. The maximum absolute atomic E-state index is 14.3. The lowest BCUT2D eigenvalue weighted by atomic mass is 9.97. The van der Waals surface area contributed by atoms with Gasteiger partial charge in [0.2, 0.25) is 0 Å². The summed E-state index contributed by atoms with van der Waals surface area (Å²) >= 11 is 1.38. The smallest absolute Gasteiger partial charge is 0.262 e. The molecule has 2 heterocycles. The molecule has 35 heavy (non-hydrogen) atoms. The molecule has 0 aliphatic carbocycles. The number of halogens is 1. The van der Waals surface area contributed by atoms with Crippen LogP contribution in [0.2, 0.25) is 0 Å². The minimum atomic E-state index is -0.461. The lowest BCUT2D eigenvalue weighted by molar-refractivity contribution is 0.0663. The Morgan fingerprint density at radius 1 is 1.23 bits per heavy atom. The van der Waals surface area contributed by atoms with Gasteiger partial charge in [0.05, 0.1) is 11.7 Å². The van der Waals surface area contributed by atoms with Crippen LogP contribution in [0.15, 0.2) is 64.9 Å². The zero-order valence-corrected chi connectivity index (χ0v) is 20.7. The van der Waals surface area contributed by atoms with Gasteiger partial charge in [-0.25, -0.2) is 9.37 Å². The molecule has 0 fully saturated rings. The SMILES string of the molecule is CCC(c1nc2sccn2c(=O)c1Cc1ccccc1)N(CCCN)C(=O)c1ccc(C)c(F)c1. The monoisotopic (exact) mass is 492 g/mol. The molecule has 4 rings (SSSR count). The predicted molar refractivity (Wildman–Crippen MR) is 137 cm³/mol. The van der Waals surface area contributed by atoms with Crippen LogP contribution >= 0.6 is 11.3 Å². The Balaban J connectivity index is 1.84. The molecule has 0 saturated carbocycles. The Kier molecular flexibility index (Phi) is 7.73. The van der Waals surface area contributed by atoms with Crippen molar-refractivity contribution in [2.45, 2.75) is 39.2 Å². The maximum atomic E-state index is 14.3. The number of rotatable bonds is 9. The number of thiazole rings is 1. The summed E-state index contributed by atoms with van der Waals surface area (Å²) in [5.74, 6) is -0.730. The van der Waals surface area contributed by atoms with E-state index < -0.39 is 11.9 Å². The van der Waals surface area contributed by atoms with E-state index in [0.717, 1.165) is 5.56 Å². The standard InChI is InChI=1S/C27H29FN4O2S/c1-3-23(31(13-7-12-29)25(33)20-11-10-18(2)22(28)17-20)24-21(16-19-8-5-4-6-9-19)26(34)32-14-15-35-27(32)30-24/h4-6,8-11,14-15,17,23H,3,7,12-13,16,29H2,1-2H3. The maximum Gasteiger partial charge on any atom is 0.262 e. The van der Waals surface area contributed by atoms with Crippen molar-refractivity contribution in [2.24, 2.45) is 5.73 Å². The first-order valence-electron chi connectivity index (χ1n) is 11.7. The summed E-state index contributed by atoms with van der Waals surface area (Å²) in [7, 11) is 0. The molecule has 0 saturated heterocycles. The predicted octanol–water partition coefficient (Wildman–Crippen LogP) is 4.74. The molecule has 2 aromatic heterocycles. The van der Waals surface area contributed by atoms with Crippen molar-refractivity contribution in [1.82, 2.24) is 14.3 Å². The van der Waals surface area contributed by atoms with Crippen molar-refractivity contribution in [2.75, 3.05) is 13.1 Å². The molecule has 1 unspecified atom stereocenters. The van der Waals surface area contributed by atoms with Gasteiger partial charge in [0.1, 0.15) is 5.82 Å². The molecule has 0 bridgehead atoms. The Labute approximate surface area is 207 Å². The minimum absolute atomic E-state index is 0.138. The van der Waals surface area contributed by atoms with E-state index in [4.69, 9.17) is 10.7 Å². The van der Waals surface area contributed by atoms with Gasteiger partial charge in [-0.15, -0.1) is 11.3 Å². The lowest BCUT2D eigenvalue weighted by Gasteiger charge is -2.32.